The Morgan fingerprint density at radius 2 is 1.46 bits per heavy atom. The molecule has 0 N–H and O–H groups in total. The standard InChI is InChI=1S/C4H10B.CHF3O3S/c1-3-5-4-2;2-1(3,4)8(5,6)7/h3-4H2,1-2H3;(H,5,6,7)/q+1;/p-1. The second-order valence-corrected chi connectivity index (χ2v) is 3.38. The molecule has 0 aromatic rings. The summed E-state index contributed by atoms with van der Waals surface area (Å²) in [4.78, 5) is 0. The van der Waals surface area contributed by atoms with Gasteiger partial charge in [0.1, 0.15) is 0 Å². The summed E-state index contributed by atoms with van der Waals surface area (Å²) in [7, 11) is -3.84. The van der Waals surface area contributed by atoms with E-state index in [1.807, 2.05) is 0 Å². The van der Waals surface area contributed by atoms with Crippen LogP contribution in [0.25, 0.3) is 0 Å². The van der Waals surface area contributed by atoms with Gasteiger partial charge in [-0.3, -0.25) is 0 Å². The summed E-state index contributed by atoms with van der Waals surface area (Å²) >= 11 is 0. The zero-order valence-electron chi connectivity index (χ0n) is 7.26. The zero-order valence-corrected chi connectivity index (χ0v) is 8.07. The Bertz CT molecular complexity index is 210. The van der Waals surface area contributed by atoms with Crippen LogP contribution in [-0.4, -0.2) is 25.8 Å². The molecule has 0 aliphatic carbocycles. The van der Waals surface area contributed by atoms with E-state index in [2.05, 4.69) is 21.1 Å². The molecule has 0 bridgehead atoms. The van der Waals surface area contributed by atoms with Crippen molar-refractivity contribution in [3.63, 3.8) is 0 Å². The SMILES string of the molecule is CC[B+]CC.O=S(=O)([O-])C(F)(F)F. The summed E-state index contributed by atoms with van der Waals surface area (Å²) in [5.74, 6) is 0. The third kappa shape index (κ3) is 9.68. The summed E-state index contributed by atoms with van der Waals surface area (Å²) in [5, 5.41) is 0. The summed E-state index contributed by atoms with van der Waals surface area (Å²) in [5.41, 5.74) is -5.65. The van der Waals surface area contributed by atoms with Crippen LogP contribution in [0.2, 0.25) is 12.6 Å². The van der Waals surface area contributed by atoms with Crippen LogP contribution < -0.4 is 0 Å². The van der Waals surface area contributed by atoms with E-state index >= 15 is 0 Å². The van der Waals surface area contributed by atoms with Crippen molar-refractivity contribution in [3.05, 3.63) is 0 Å². The number of hydrogen-bond acceptors (Lipinski definition) is 3. The minimum atomic E-state index is -6.09. The average Bonchev–Trinajstić information content (AvgIpc) is 1.85. The first kappa shape index (κ1) is 15.2. The largest absolute Gasteiger partial charge is 0.741 e. The molecule has 0 rings (SSSR count). The van der Waals surface area contributed by atoms with Gasteiger partial charge in [0.2, 0.25) is 0 Å². The molecule has 8 heteroatoms. The molecule has 0 heterocycles. The second-order valence-electron chi connectivity index (χ2n) is 2.01. The maximum absolute atomic E-state index is 10.7. The van der Waals surface area contributed by atoms with Crippen molar-refractivity contribution >= 4 is 17.4 Å². The fourth-order valence-electron chi connectivity index (χ4n) is 0.289. The fraction of sp³-hybridized carbons (Fsp3) is 1.00. The predicted octanol–water partition coefficient (Wildman–Crippen LogP) is 1.62. The van der Waals surface area contributed by atoms with Crippen molar-refractivity contribution < 1.29 is 26.1 Å². The molecule has 0 aromatic heterocycles. The van der Waals surface area contributed by atoms with Crippen molar-refractivity contribution in [1.82, 2.24) is 0 Å². The van der Waals surface area contributed by atoms with E-state index in [9.17, 15) is 13.2 Å². The molecule has 0 aromatic carbocycles. The van der Waals surface area contributed by atoms with Gasteiger partial charge >= 0.3 is 39.3 Å². The Kier molecular flexibility index (Phi) is 7.33. The van der Waals surface area contributed by atoms with Crippen LogP contribution in [0, 0.1) is 0 Å². The van der Waals surface area contributed by atoms with Gasteiger partial charge in [0, 0.05) is 0 Å². The number of halogens is 3. The molecule has 0 saturated carbocycles. The van der Waals surface area contributed by atoms with E-state index < -0.39 is 15.6 Å². The fourth-order valence-corrected chi connectivity index (χ4v) is 0.289. The van der Waals surface area contributed by atoms with Gasteiger partial charge in [0.05, 0.1) is 0 Å². The molecular weight excluding hydrogens is 208 g/mol. The molecule has 13 heavy (non-hydrogen) atoms. The molecule has 78 valence electrons. The van der Waals surface area contributed by atoms with Gasteiger partial charge in [-0.1, -0.05) is 0 Å². The molecule has 0 amide bonds. The molecule has 0 atom stereocenters. The van der Waals surface area contributed by atoms with Crippen LogP contribution >= 0.6 is 0 Å². The van der Waals surface area contributed by atoms with Crippen molar-refractivity contribution in [2.24, 2.45) is 0 Å². The van der Waals surface area contributed by atoms with Gasteiger partial charge in [-0.15, -0.1) is 0 Å². The van der Waals surface area contributed by atoms with Crippen molar-refractivity contribution in [1.29, 1.82) is 0 Å². The van der Waals surface area contributed by atoms with Crippen molar-refractivity contribution in [2.75, 3.05) is 0 Å². The summed E-state index contributed by atoms with van der Waals surface area (Å²) < 4.78 is 58.9. The van der Waals surface area contributed by atoms with Gasteiger partial charge in [0.25, 0.3) is 0 Å². The van der Waals surface area contributed by atoms with Crippen LogP contribution in [0.4, 0.5) is 13.2 Å². The van der Waals surface area contributed by atoms with E-state index in [4.69, 9.17) is 13.0 Å². The number of hydrogen-bond donors (Lipinski definition) is 0. The summed E-state index contributed by atoms with van der Waals surface area (Å²) in [6.45, 7) is 4.31. The van der Waals surface area contributed by atoms with E-state index in [1.54, 1.807) is 0 Å². The van der Waals surface area contributed by atoms with Crippen LogP contribution in [0.1, 0.15) is 13.8 Å². The smallest absolute Gasteiger partial charge is 0.485 e. The first-order valence-corrected chi connectivity index (χ1v) is 4.91. The van der Waals surface area contributed by atoms with Crippen molar-refractivity contribution in [3.8, 4) is 0 Å². The molecule has 0 radical (unpaired) electrons. The van der Waals surface area contributed by atoms with E-state index in [-0.39, 0.29) is 0 Å². The topological polar surface area (TPSA) is 57.2 Å². The first-order valence-electron chi connectivity index (χ1n) is 3.50. The molecule has 0 aliphatic heterocycles. The molecule has 0 aliphatic rings. The third-order valence-corrected chi connectivity index (χ3v) is 1.43. The van der Waals surface area contributed by atoms with Gasteiger partial charge < -0.3 is 4.55 Å². The van der Waals surface area contributed by atoms with Gasteiger partial charge in [-0.05, 0) is 0 Å². The van der Waals surface area contributed by atoms with Gasteiger partial charge in [0.15, 0.2) is 10.1 Å². The first-order chi connectivity index (χ1) is 5.66. The van der Waals surface area contributed by atoms with Gasteiger partial charge in [-0.25, -0.2) is 8.42 Å². The Morgan fingerprint density at radius 1 is 1.23 bits per heavy atom. The molecule has 0 unspecified atom stereocenters. The Hall–Kier alpha value is -0.235. The van der Waals surface area contributed by atoms with Crippen LogP contribution in [0.5, 0.6) is 0 Å². The summed E-state index contributed by atoms with van der Waals surface area (Å²) in [6, 6.07) is 0. The molecule has 0 fully saturated rings. The van der Waals surface area contributed by atoms with Crippen molar-refractivity contribution in [2.45, 2.75) is 32.0 Å². The van der Waals surface area contributed by atoms with E-state index in [1.165, 1.54) is 12.6 Å². The van der Waals surface area contributed by atoms with Crippen LogP contribution in [0.15, 0.2) is 0 Å². The minimum absolute atomic E-state index is 1.22. The number of alkyl halides is 3. The predicted molar refractivity (Wildman–Crippen MR) is 42.5 cm³/mol. The minimum Gasteiger partial charge on any atom is -0.741 e. The van der Waals surface area contributed by atoms with Crippen LogP contribution in [-0.2, 0) is 10.1 Å². The monoisotopic (exact) mass is 218 g/mol. The molecule has 0 saturated heterocycles. The maximum atomic E-state index is 10.7. The Balaban J connectivity index is 0. The zero-order chi connectivity index (χ0) is 11.1. The van der Waals surface area contributed by atoms with E-state index in [0.29, 0.717) is 0 Å². The maximum Gasteiger partial charge on any atom is 0.485 e. The molecule has 3 nitrogen and oxygen atoms in total. The third-order valence-electron chi connectivity index (χ3n) is 0.861. The quantitative estimate of drug-likeness (QED) is 0.402. The normalized spacial score (nSPS) is 11.2. The second kappa shape index (κ2) is 6.25. The summed E-state index contributed by atoms with van der Waals surface area (Å²) in [6.07, 6.45) is 2.44. The number of rotatable bonds is 2. The average molecular weight is 218 g/mol. The van der Waals surface area contributed by atoms with Crippen LogP contribution in [0.3, 0.4) is 0 Å². The Morgan fingerprint density at radius 3 is 1.46 bits per heavy atom. The Labute approximate surface area is 76.3 Å². The molecule has 0 spiro atoms. The molecular formula is C5H10BF3O3S. The van der Waals surface area contributed by atoms with Gasteiger partial charge in [-0.2, -0.15) is 13.2 Å². The van der Waals surface area contributed by atoms with E-state index in [0.717, 1.165) is 0 Å².